The number of carbonyl (C=O) groups is 1. The minimum atomic E-state index is -5.07. The molecule has 0 bridgehead atoms. The zero-order valence-electron chi connectivity index (χ0n) is 38.7. The van der Waals surface area contributed by atoms with Crippen LogP contribution < -0.4 is 5.32 Å². The molecule has 0 saturated heterocycles. The van der Waals surface area contributed by atoms with Gasteiger partial charge in [-0.05, 0) is 19.3 Å². The van der Waals surface area contributed by atoms with Gasteiger partial charge in [0.05, 0.1) is 18.8 Å². The summed E-state index contributed by atoms with van der Waals surface area (Å²) in [6.07, 6.45) is 31.6. The Morgan fingerprint density at radius 2 is 0.869 bits per heavy atom. The van der Waals surface area contributed by atoms with E-state index in [1.54, 1.807) is 0 Å². The Morgan fingerprint density at radius 1 is 0.541 bits per heavy atom. The summed E-state index contributed by atoms with van der Waals surface area (Å²) in [6, 6.07) is -1.11. The topological polar surface area (TPSA) is 206 Å². The first-order valence-electron chi connectivity index (χ1n) is 25.1. The number of phosphoric acid groups is 1. The molecular formula is C48H94NO11P. The molecule has 0 spiro atoms. The Labute approximate surface area is 371 Å². The fourth-order valence-corrected chi connectivity index (χ4v) is 9.17. The van der Waals surface area contributed by atoms with E-state index in [2.05, 4.69) is 19.2 Å². The molecule has 1 aliphatic rings. The van der Waals surface area contributed by atoms with Gasteiger partial charge in [-0.2, -0.15) is 0 Å². The third-order valence-electron chi connectivity index (χ3n) is 12.3. The van der Waals surface area contributed by atoms with Crippen molar-refractivity contribution in [2.45, 2.75) is 281 Å². The number of carbonyl (C=O) groups excluding carboxylic acids is 1. The van der Waals surface area contributed by atoms with Gasteiger partial charge in [-0.3, -0.25) is 13.8 Å². The highest BCUT2D eigenvalue weighted by atomic mass is 31.2. The molecule has 12 nitrogen and oxygen atoms in total. The number of hydrogen-bond donors (Lipinski definition) is 8. The first kappa shape index (κ1) is 58.1. The standard InChI is InChI=1S/C48H94NO11P/c1-3-5-7-9-11-13-15-16-17-18-19-20-21-22-23-24-25-26-28-30-32-34-36-38-42(51)49-40(41(50)37-35-33-31-29-27-14-12-10-8-6-4-2)39-59-61(57,58)60-48-46(55)44(53)43(52)45(54)47(48)56/h35,37,40-41,43-48,50,52-56H,3-34,36,38-39H2,1-2H3,(H,49,51)(H,57,58)/b37-35+/t40-,41+,43?,44+,45?,46?,47?,48?/m0/s1. The number of aliphatic hydroxyl groups excluding tert-OH is 6. The lowest BCUT2D eigenvalue weighted by Gasteiger charge is -2.41. The zero-order valence-corrected chi connectivity index (χ0v) is 39.6. The maximum absolute atomic E-state index is 13.0. The molecule has 1 saturated carbocycles. The maximum atomic E-state index is 13.0. The number of unbranched alkanes of at least 4 members (excludes halogenated alkanes) is 31. The monoisotopic (exact) mass is 892 g/mol. The van der Waals surface area contributed by atoms with E-state index in [0.29, 0.717) is 6.42 Å². The maximum Gasteiger partial charge on any atom is 0.472 e. The fraction of sp³-hybridized carbons (Fsp3) is 0.938. The summed E-state index contributed by atoms with van der Waals surface area (Å²) < 4.78 is 22.9. The van der Waals surface area contributed by atoms with Crippen LogP contribution in [-0.4, -0.2) is 96.8 Å². The lowest BCUT2D eigenvalue weighted by atomic mass is 9.85. The van der Waals surface area contributed by atoms with Crippen LogP contribution in [0.5, 0.6) is 0 Å². The molecule has 1 aliphatic carbocycles. The van der Waals surface area contributed by atoms with Crippen LogP contribution in [0, 0.1) is 0 Å². The highest BCUT2D eigenvalue weighted by molar-refractivity contribution is 7.47. The normalized spacial score (nSPS) is 22.7. The van der Waals surface area contributed by atoms with Gasteiger partial charge in [0.1, 0.15) is 36.6 Å². The minimum absolute atomic E-state index is 0.219. The van der Waals surface area contributed by atoms with Crippen LogP contribution in [0.15, 0.2) is 12.2 Å². The molecule has 0 aromatic carbocycles. The largest absolute Gasteiger partial charge is 0.472 e. The minimum Gasteiger partial charge on any atom is -0.387 e. The van der Waals surface area contributed by atoms with Gasteiger partial charge in [-0.1, -0.05) is 219 Å². The van der Waals surface area contributed by atoms with Gasteiger partial charge in [0.25, 0.3) is 0 Å². The second-order valence-electron chi connectivity index (χ2n) is 18.0. The van der Waals surface area contributed by atoms with Gasteiger partial charge in [0.15, 0.2) is 0 Å². The van der Waals surface area contributed by atoms with Gasteiger partial charge >= 0.3 is 7.82 Å². The lowest BCUT2D eigenvalue weighted by molar-refractivity contribution is -0.220. The van der Waals surface area contributed by atoms with Gasteiger partial charge in [0, 0.05) is 6.42 Å². The van der Waals surface area contributed by atoms with Crippen molar-refractivity contribution in [3.05, 3.63) is 12.2 Å². The van der Waals surface area contributed by atoms with Crippen molar-refractivity contribution in [2.24, 2.45) is 0 Å². The second kappa shape index (κ2) is 38.4. The Morgan fingerprint density at radius 3 is 1.25 bits per heavy atom. The average molecular weight is 892 g/mol. The van der Waals surface area contributed by atoms with Crippen molar-refractivity contribution in [1.82, 2.24) is 5.32 Å². The van der Waals surface area contributed by atoms with Crippen LogP contribution in [0.3, 0.4) is 0 Å². The lowest BCUT2D eigenvalue weighted by Crippen LogP contribution is -2.64. The third-order valence-corrected chi connectivity index (χ3v) is 13.3. The van der Waals surface area contributed by atoms with Gasteiger partial charge in [0.2, 0.25) is 5.91 Å². The second-order valence-corrected chi connectivity index (χ2v) is 19.4. The molecule has 9 atom stereocenters. The van der Waals surface area contributed by atoms with E-state index >= 15 is 0 Å². The number of allylic oxidation sites excluding steroid dienone is 1. The molecule has 61 heavy (non-hydrogen) atoms. The molecule has 362 valence electrons. The van der Waals surface area contributed by atoms with Crippen LogP contribution >= 0.6 is 7.82 Å². The van der Waals surface area contributed by atoms with Crippen molar-refractivity contribution in [3.8, 4) is 0 Å². The molecule has 1 amide bonds. The molecule has 0 aromatic rings. The Bertz CT molecular complexity index is 1080. The van der Waals surface area contributed by atoms with Crippen molar-refractivity contribution < 1.29 is 53.9 Å². The van der Waals surface area contributed by atoms with E-state index in [4.69, 9.17) is 9.05 Å². The predicted octanol–water partition coefficient (Wildman–Crippen LogP) is 10.0. The third kappa shape index (κ3) is 30.0. The SMILES string of the molecule is CCCCCCCCCCC/C=C/[C@@H](O)[C@H](COP(=O)(O)OC1C(O)C(O)C(O)[C@@H](O)C1O)NC(=O)CCCCCCCCCCCCCCCCCCCCCCCCC. The Balaban J connectivity index is 2.35. The number of nitrogens with one attached hydrogen (secondary N) is 1. The smallest absolute Gasteiger partial charge is 0.387 e. The van der Waals surface area contributed by atoms with E-state index in [1.165, 1.54) is 167 Å². The summed E-state index contributed by atoms with van der Waals surface area (Å²) in [5, 5.41) is 64.0. The fourth-order valence-electron chi connectivity index (χ4n) is 8.20. The molecule has 8 N–H and O–H groups in total. The van der Waals surface area contributed by atoms with Crippen molar-refractivity contribution >= 4 is 13.7 Å². The van der Waals surface area contributed by atoms with Crippen molar-refractivity contribution in [1.29, 1.82) is 0 Å². The van der Waals surface area contributed by atoms with Crippen LogP contribution in [0.1, 0.15) is 232 Å². The number of hydrogen-bond acceptors (Lipinski definition) is 10. The highest BCUT2D eigenvalue weighted by Gasteiger charge is 2.51. The summed E-state index contributed by atoms with van der Waals surface area (Å²) >= 11 is 0. The van der Waals surface area contributed by atoms with Crippen LogP contribution in [0.25, 0.3) is 0 Å². The number of phosphoric ester groups is 1. The quantitative estimate of drug-likeness (QED) is 0.0164. The van der Waals surface area contributed by atoms with E-state index in [1.807, 2.05) is 6.08 Å². The van der Waals surface area contributed by atoms with E-state index in [9.17, 15) is 44.9 Å². The molecule has 0 aromatic heterocycles. The van der Waals surface area contributed by atoms with Crippen molar-refractivity contribution in [3.63, 3.8) is 0 Å². The molecule has 13 heteroatoms. The first-order chi connectivity index (χ1) is 29.4. The van der Waals surface area contributed by atoms with Gasteiger partial charge in [-0.15, -0.1) is 0 Å². The molecular weight excluding hydrogens is 797 g/mol. The van der Waals surface area contributed by atoms with Gasteiger partial charge < -0.3 is 40.8 Å². The molecule has 0 aliphatic heterocycles. The predicted molar refractivity (Wildman–Crippen MR) is 246 cm³/mol. The molecule has 0 heterocycles. The van der Waals surface area contributed by atoms with Crippen LogP contribution in [0.4, 0.5) is 0 Å². The molecule has 6 unspecified atom stereocenters. The zero-order chi connectivity index (χ0) is 45.0. The summed E-state index contributed by atoms with van der Waals surface area (Å²) in [5.41, 5.74) is 0. The highest BCUT2D eigenvalue weighted by Crippen LogP contribution is 2.47. The molecule has 1 fully saturated rings. The Kier molecular flexibility index (Phi) is 36.5. The first-order valence-corrected chi connectivity index (χ1v) is 26.6. The number of aliphatic hydroxyl groups is 6. The Hall–Kier alpha value is -0.920. The summed E-state index contributed by atoms with van der Waals surface area (Å²) in [5.74, 6) is -0.337. The summed E-state index contributed by atoms with van der Waals surface area (Å²) in [6.45, 7) is 3.84. The number of amides is 1. The average Bonchev–Trinajstić information content (AvgIpc) is 3.24. The summed E-state index contributed by atoms with van der Waals surface area (Å²) in [4.78, 5) is 23.4. The van der Waals surface area contributed by atoms with E-state index in [0.717, 1.165) is 44.9 Å². The van der Waals surface area contributed by atoms with Gasteiger partial charge in [-0.25, -0.2) is 4.57 Å². The number of rotatable bonds is 42. The summed E-state index contributed by atoms with van der Waals surface area (Å²) in [7, 11) is -5.07. The van der Waals surface area contributed by atoms with E-state index < -0.39 is 63.2 Å². The van der Waals surface area contributed by atoms with E-state index in [-0.39, 0.29) is 12.3 Å². The van der Waals surface area contributed by atoms with Crippen LogP contribution in [0.2, 0.25) is 0 Å². The molecule has 0 radical (unpaired) electrons. The van der Waals surface area contributed by atoms with Crippen LogP contribution in [-0.2, 0) is 18.4 Å². The van der Waals surface area contributed by atoms with Crippen molar-refractivity contribution in [2.75, 3.05) is 6.61 Å². The molecule has 1 rings (SSSR count).